The highest BCUT2D eigenvalue weighted by atomic mass is 32.1. The SMILES string of the molecule is N#Cc1ccc(N2CC(=O)N(c3ccc(C#N)c(C(F)(F)F)c3)N2S)cc1C(F)(F)F. The third-order valence-corrected chi connectivity index (χ3v) is 4.71. The number of anilines is 2. The molecule has 0 unspecified atom stereocenters. The lowest BCUT2D eigenvalue weighted by molar-refractivity contribution is -0.138. The van der Waals surface area contributed by atoms with Crippen LogP contribution in [0.2, 0.25) is 0 Å². The van der Waals surface area contributed by atoms with Crippen molar-refractivity contribution in [2.24, 2.45) is 0 Å². The number of hydrogen-bond acceptors (Lipinski definition) is 6. The number of carbonyl (C=O) groups is 1. The summed E-state index contributed by atoms with van der Waals surface area (Å²) in [5, 5.41) is 19.5. The van der Waals surface area contributed by atoms with E-state index in [0.29, 0.717) is 17.1 Å². The number of amides is 1. The van der Waals surface area contributed by atoms with Crippen LogP contribution in [-0.4, -0.2) is 17.0 Å². The van der Waals surface area contributed by atoms with Gasteiger partial charge in [-0.1, -0.05) is 17.3 Å². The quantitative estimate of drug-likeness (QED) is 0.538. The second kappa shape index (κ2) is 7.68. The zero-order valence-electron chi connectivity index (χ0n) is 15.0. The molecule has 160 valence electrons. The van der Waals surface area contributed by atoms with Crippen molar-refractivity contribution in [3.63, 3.8) is 0 Å². The number of nitriles is 2. The van der Waals surface area contributed by atoms with E-state index in [0.717, 1.165) is 33.8 Å². The zero-order valence-corrected chi connectivity index (χ0v) is 15.9. The van der Waals surface area contributed by atoms with Crippen LogP contribution in [0.1, 0.15) is 22.3 Å². The van der Waals surface area contributed by atoms with Crippen molar-refractivity contribution in [1.82, 2.24) is 4.52 Å². The Bertz CT molecular complexity index is 1130. The van der Waals surface area contributed by atoms with Gasteiger partial charge in [-0.15, -0.1) is 0 Å². The highest BCUT2D eigenvalue weighted by molar-refractivity contribution is 7.77. The minimum absolute atomic E-state index is 0.165. The van der Waals surface area contributed by atoms with Crippen LogP contribution in [0.4, 0.5) is 37.7 Å². The summed E-state index contributed by atoms with van der Waals surface area (Å²) in [6, 6.07) is 8.06. The predicted molar refractivity (Wildman–Crippen MR) is 98.0 cm³/mol. The molecule has 1 aliphatic heterocycles. The Morgan fingerprint density at radius 3 is 1.74 bits per heavy atom. The van der Waals surface area contributed by atoms with Crippen LogP contribution >= 0.6 is 12.8 Å². The average Bonchev–Trinajstić information content (AvgIpc) is 2.99. The number of alkyl halides is 6. The van der Waals surface area contributed by atoms with Crippen LogP contribution in [0.3, 0.4) is 0 Å². The van der Waals surface area contributed by atoms with Gasteiger partial charge in [0.15, 0.2) is 0 Å². The molecule has 13 heteroatoms. The van der Waals surface area contributed by atoms with Gasteiger partial charge in [-0.25, -0.2) is 5.01 Å². The first-order valence-electron chi connectivity index (χ1n) is 8.20. The van der Waals surface area contributed by atoms with Crippen molar-refractivity contribution in [3.8, 4) is 12.1 Å². The number of carbonyl (C=O) groups excluding carboxylic acids is 1. The number of nitrogens with zero attached hydrogens (tertiary/aromatic N) is 5. The zero-order chi connectivity index (χ0) is 23.1. The molecular formula is C18H9F6N5OS. The van der Waals surface area contributed by atoms with Crippen LogP contribution in [-0.2, 0) is 17.1 Å². The van der Waals surface area contributed by atoms with Crippen LogP contribution in [0, 0.1) is 22.7 Å². The molecule has 1 aliphatic rings. The molecule has 6 nitrogen and oxygen atoms in total. The standard InChI is InChI=1S/C18H9F6N5OS/c19-17(20,21)14-5-12(3-1-10(14)7-25)27-9-16(30)28(29(27)31)13-4-2-11(8-26)15(6-13)18(22,23)24/h1-6,31H,9H2. The second-order valence-electron chi connectivity index (χ2n) is 6.21. The molecule has 0 aliphatic carbocycles. The molecule has 0 N–H and O–H groups in total. The van der Waals surface area contributed by atoms with E-state index in [1.165, 1.54) is 12.1 Å². The van der Waals surface area contributed by atoms with E-state index >= 15 is 0 Å². The average molecular weight is 457 g/mol. The maximum Gasteiger partial charge on any atom is 0.417 e. The summed E-state index contributed by atoms with van der Waals surface area (Å²) in [7, 11) is 0. The van der Waals surface area contributed by atoms with Crippen LogP contribution in [0.5, 0.6) is 0 Å². The number of thiol groups is 1. The lowest BCUT2D eigenvalue weighted by Gasteiger charge is -2.29. The van der Waals surface area contributed by atoms with Crippen LogP contribution in [0.15, 0.2) is 36.4 Å². The Hall–Kier alpha value is -3.42. The smallest absolute Gasteiger partial charge is 0.271 e. The van der Waals surface area contributed by atoms with E-state index in [9.17, 15) is 31.1 Å². The summed E-state index contributed by atoms with van der Waals surface area (Å²) in [5.74, 6) is -0.786. The first-order chi connectivity index (χ1) is 14.4. The molecule has 1 saturated heterocycles. The fourth-order valence-electron chi connectivity index (χ4n) is 2.93. The summed E-state index contributed by atoms with van der Waals surface area (Å²) in [6.45, 7) is -0.534. The van der Waals surface area contributed by atoms with Gasteiger partial charge in [-0.3, -0.25) is 9.80 Å². The molecule has 0 aromatic heterocycles. The molecule has 0 atom stereocenters. The first kappa shape index (κ1) is 22.3. The van der Waals surface area contributed by atoms with Crippen molar-refractivity contribution in [2.45, 2.75) is 12.4 Å². The predicted octanol–water partition coefficient (Wildman–Crippen LogP) is 4.30. The molecule has 0 radical (unpaired) electrons. The van der Waals surface area contributed by atoms with Crippen molar-refractivity contribution in [2.75, 3.05) is 16.6 Å². The van der Waals surface area contributed by atoms with E-state index in [1.807, 2.05) is 0 Å². The molecular weight excluding hydrogens is 448 g/mol. The number of hydrazine groups is 2. The van der Waals surface area contributed by atoms with Crippen LogP contribution in [0.25, 0.3) is 0 Å². The lowest BCUT2D eigenvalue weighted by Crippen LogP contribution is -2.39. The monoisotopic (exact) mass is 457 g/mol. The van der Waals surface area contributed by atoms with Crippen molar-refractivity contribution < 1.29 is 31.1 Å². The first-order valence-corrected chi connectivity index (χ1v) is 8.60. The van der Waals surface area contributed by atoms with Gasteiger partial charge in [-0.05, 0) is 36.4 Å². The summed E-state index contributed by atoms with van der Waals surface area (Å²) in [4.78, 5) is 12.5. The summed E-state index contributed by atoms with van der Waals surface area (Å²) < 4.78 is 80.2. The Morgan fingerprint density at radius 2 is 1.29 bits per heavy atom. The van der Waals surface area contributed by atoms with Gasteiger partial charge in [0.05, 0.1) is 45.8 Å². The molecule has 1 fully saturated rings. The van der Waals surface area contributed by atoms with Gasteiger partial charge < -0.3 is 0 Å². The van der Waals surface area contributed by atoms with Gasteiger partial charge >= 0.3 is 12.4 Å². The minimum Gasteiger partial charge on any atom is -0.271 e. The van der Waals surface area contributed by atoms with Crippen LogP contribution < -0.4 is 10.0 Å². The molecule has 0 bridgehead atoms. The Balaban J connectivity index is 2.02. The number of halogens is 6. The molecule has 0 spiro atoms. The van der Waals surface area contributed by atoms with E-state index in [2.05, 4.69) is 12.8 Å². The fraction of sp³-hybridized carbons (Fsp3) is 0.167. The number of benzene rings is 2. The van der Waals surface area contributed by atoms with Gasteiger partial charge in [0.2, 0.25) is 0 Å². The summed E-state index contributed by atoms with van der Waals surface area (Å²) in [5.41, 5.74) is -4.27. The summed E-state index contributed by atoms with van der Waals surface area (Å²) >= 11 is 4.05. The normalized spacial score (nSPS) is 15.2. The molecule has 1 amide bonds. The van der Waals surface area contributed by atoms with E-state index in [4.69, 9.17) is 10.5 Å². The molecule has 3 rings (SSSR count). The molecule has 1 heterocycles. The Labute approximate surface area is 176 Å². The minimum atomic E-state index is -4.88. The highest BCUT2D eigenvalue weighted by Gasteiger charge is 2.40. The van der Waals surface area contributed by atoms with Gasteiger partial charge in [0.1, 0.15) is 6.54 Å². The van der Waals surface area contributed by atoms with Gasteiger partial charge in [0, 0.05) is 0 Å². The van der Waals surface area contributed by atoms with Gasteiger partial charge in [-0.2, -0.15) is 36.9 Å². The summed E-state index contributed by atoms with van der Waals surface area (Å²) in [6.07, 6.45) is -9.72. The molecule has 0 saturated carbocycles. The number of rotatable bonds is 2. The Morgan fingerprint density at radius 1 is 0.839 bits per heavy atom. The third kappa shape index (κ3) is 4.10. The maximum absolute atomic E-state index is 13.2. The molecule has 2 aromatic rings. The van der Waals surface area contributed by atoms with Crippen molar-refractivity contribution in [3.05, 3.63) is 58.7 Å². The van der Waals surface area contributed by atoms with Gasteiger partial charge in [0.25, 0.3) is 5.91 Å². The third-order valence-electron chi connectivity index (χ3n) is 4.32. The van der Waals surface area contributed by atoms with Crippen molar-refractivity contribution in [1.29, 1.82) is 10.5 Å². The Kier molecular flexibility index (Phi) is 5.52. The number of hydrogen-bond donors (Lipinski definition) is 1. The van der Waals surface area contributed by atoms with Crippen molar-refractivity contribution >= 4 is 30.1 Å². The second-order valence-corrected chi connectivity index (χ2v) is 6.57. The lowest BCUT2D eigenvalue weighted by atomic mass is 10.1. The molecule has 2 aromatic carbocycles. The van der Waals surface area contributed by atoms with E-state index in [1.54, 1.807) is 0 Å². The fourth-order valence-corrected chi connectivity index (χ4v) is 3.30. The van der Waals surface area contributed by atoms with E-state index in [-0.39, 0.29) is 11.4 Å². The largest absolute Gasteiger partial charge is 0.417 e. The topological polar surface area (TPSA) is 74.4 Å². The highest BCUT2D eigenvalue weighted by Crippen LogP contribution is 2.38. The maximum atomic E-state index is 13.2. The molecule has 31 heavy (non-hydrogen) atoms. The van der Waals surface area contributed by atoms with E-state index < -0.39 is 47.1 Å².